The lowest BCUT2D eigenvalue weighted by molar-refractivity contribution is 0.0526. The molecule has 2 heterocycles. The molecule has 1 aliphatic heterocycles. The Balaban J connectivity index is 2.18. The fourth-order valence-electron chi connectivity index (χ4n) is 2.39. The number of ether oxygens (including phenoxy) is 1. The minimum atomic E-state index is 0.0177. The fourth-order valence-corrected chi connectivity index (χ4v) is 2.39. The van der Waals surface area contributed by atoms with Crippen molar-refractivity contribution in [1.82, 2.24) is 4.98 Å². The third-order valence-electron chi connectivity index (χ3n) is 3.16. The summed E-state index contributed by atoms with van der Waals surface area (Å²) < 4.78 is 5.69. The van der Waals surface area contributed by atoms with Crippen molar-refractivity contribution in [2.45, 2.75) is 25.9 Å². The predicted octanol–water partition coefficient (Wildman–Crippen LogP) is 1.37. The highest BCUT2D eigenvalue weighted by Gasteiger charge is 2.22. The van der Waals surface area contributed by atoms with Crippen LogP contribution in [0.25, 0.3) is 0 Å². The maximum atomic E-state index is 7.58. The van der Waals surface area contributed by atoms with Gasteiger partial charge in [-0.1, -0.05) is 0 Å². The second kappa shape index (κ2) is 5.82. The number of aromatic nitrogens is 1. The van der Waals surface area contributed by atoms with Gasteiger partial charge in [-0.25, -0.2) is 0 Å². The van der Waals surface area contributed by atoms with E-state index >= 15 is 0 Å². The maximum Gasteiger partial charge on any atom is 0.143 e. The molecule has 1 atom stereocenters. The SMILES string of the molecule is CCOC1CCCN(c2cccnc2C(=N)N)C1. The molecule has 1 aromatic rings. The van der Waals surface area contributed by atoms with Gasteiger partial charge in [0.1, 0.15) is 11.5 Å². The summed E-state index contributed by atoms with van der Waals surface area (Å²) in [5.41, 5.74) is 7.08. The van der Waals surface area contributed by atoms with Crippen LogP contribution in [0.5, 0.6) is 0 Å². The normalized spacial score (nSPS) is 19.8. The number of rotatable bonds is 4. The Morgan fingerprint density at radius 3 is 3.22 bits per heavy atom. The number of nitrogens with two attached hydrogens (primary N) is 1. The van der Waals surface area contributed by atoms with E-state index in [9.17, 15) is 0 Å². The summed E-state index contributed by atoms with van der Waals surface area (Å²) in [5.74, 6) is 0.0177. The molecule has 0 aromatic carbocycles. The smallest absolute Gasteiger partial charge is 0.143 e. The molecule has 1 fully saturated rings. The molecule has 1 aromatic heterocycles. The molecule has 18 heavy (non-hydrogen) atoms. The molecular weight excluding hydrogens is 228 g/mol. The molecule has 5 heteroatoms. The minimum Gasteiger partial charge on any atom is -0.382 e. The molecule has 0 bridgehead atoms. The molecule has 98 valence electrons. The van der Waals surface area contributed by atoms with Gasteiger partial charge >= 0.3 is 0 Å². The van der Waals surface area contributed by atoms with Crippen LogP contribution in [0.2, 0.25) is 0 Å². The number of nitrogens with one attached hydrogen (secondary N) is 1. The van der Waals surface area contributed by atoms with Crippen LogP contribution in [0.3, 0.4) is 0 Å². The molecule has 0 saturated carbocycles. The zero-order chi connectivity index (χ0) is 13.0. The fraction of sp³-hybridized carbons (Fsp3) is 0.538. The third-order valence-corrected chi connectivity index (χ3v) is 3.16. The van der Waals surface area contributed by atoms with Crippen molar-refractivity contribution < 1.29 is 4.74 Å². The van der Waals surface area contributed by atoms with Crippen LogP contribution in [-0.2, 0) is 4.74 Å². The Bertz CT molecular complexity index is 419. The summed E-state index contributed by atoms with van der Waals surface area (Å²) in [6, 6.07) is 3.85. The zero-order valence-corrected chi connectivity index (χ0v) is 10.7. The Labute approximate surface area is 107 Å². The first-order valence-electron chi connectivity index (χ1n) is 6.38. The van der Waals surface area contributed by atoms with E-state index in [1.807, 2.05) is 19.1 Å². The summed E-state index contributed by atoms with van der Waals surface area (Å²) in [4.78, 5) is 6.41. The van der Waals surface area contributed by atoms with E-state index in [2.05, 4.69) is 9.88 Å². The van der Waals surface area contributed by atoms with Gasteiger partial charge < -0.3 is 15.4 Å². The molecule has 3 N–H and O–H groups in total. The number of nitrogen functional groups attached to an aromatic ring is 1. The lowest BCUT2D eigenvalue weighted by atomic mass is 10.1. The lowest BCUT2D eigenvalue weighted by Crippen LogP contribution is -2.40. The van der Waals surface area contributed by atoms with Crippen LogP contribution < -0.4 is 10.6 Å². The monoisotopic (exact) mass is 248 g/mol. The lowest BCUT2D eigenvalue weighted by Gasteiger charge is -2.34. The van der Waals surface area contributed by atoms with Crippen molar-refractivity contribution in [2.75, 3.05) is 24.6 Å². The number of hydrogen-bond acceptors (Lipinski definition) is 4. The van der Waals surface area contributed by atoms with Crippen molar-refractivity contribution in [3.05, 3.63) is 24.0 Å². The third kappa shape index (κ3) is 2.79. The standard InChI is InChI=1S/C13H20N4O/c1-2-18-10-5-4-8-17(9-10)11-6-3-7-16-12(11)13(14)15/h3,6-7,10H,2,4-5,8-9H2,1H3,(H3,14,15). The van der Waals surface area contributed by atoms with E-state index in [1.165, 1.54) is 0 Å². The molecule has 0 radical (unpaired) electrons. The second-order valence-electron chi connectivity index (χ2n) is 4.45. The summed E-state index contributed by atoms with van der Waals surface area (Å²) in [7, 11) is 0. The van der Waals surface area contributed by atoms with E-state index in [-0.39, 0.29) is 11.9 Å². The Morgan fingerprint density at radius 2 is 2.50 bits per heavy atom. The van der Waals surface area contributed by atoms with Crippen molar-refractivity contribution in [3.8, 4) is 0 Å². The van der Waals surface area contributed by atoms with Gasteiger partial charge in [-0.3, -0.25) is 10.4 Å². The van der Waals surface area contributed by atoms with Crippen molar-refractivity contribution >= 4 is 11.5 Å². The van der Waals surface area contributed by atoms with Gasteiger partial charge in [0.15, 0.2) is 0 Å². The van der Waals surface area contributed by atoms with Crippen LogP contribution in [0, 0.1) is 5.41 Å². The van der Waals surface area contributed by atoms with E-state index in [1.54, 1.807) is 6.20 Å². The Morgan fingerprint density at radius 1 is 1.67 bits per heavy atom. The molecule has 0 aliphatic carbocycles. The van der Waals surface area contributed by atoms with E-state index in [4.69, 9.17) is 15.9 Å². The average molecular weight is 248 g/mol. The first kappa shape index (κ1) is 12.8. The number of hydrogen-bond donors (Lipinski definition) is 2. The quantitative estimate of drug-likeness (QED) is 0.623. The number of anilines is 1. The number of piperidine rings is 1. The highest BCUT2D eigenvalue weighted by molar-refractivity contribution is 5.98. The highest BCUT2D eigenvalue weighted by Crippen LogP contribution is 2.23. The molecule has 2 rings (SSSR count). The van der Waals surface area contributed by atoms with Crippen molar-refractivity contribution in [2.24, 2.45) is 5.73 Å². The summed E-state index contributed by atoms with van der Waals surface area (Å²) in [5, 5.41) is 7.58. The van der Waals surface area contributed by atoms with Crippen molar-refractivity contribution in [3.63, 3.8) is 0 Å². The molecule has 5 nitrogen and oxygen atoms in total. The zero-order valence-electron chi connectivity index (χ0n) is 10.7. The summed E-state index contributed by atoms with van der Waals surface area (Å²) in [6.45, 7) is 4.57. The highest BCUT2D eigenvalue weighted by atomic mass is 16.5. The van der Waals surface area contributed by atoms with Crippen molar-refractivity contribution in [1.29, 1.82) is 5.41 Å². The molecule has 0 amide bonds. The van der Waals surface area contributed by atoms with Crippen LogP contribution in [-0.4, -0.2) is 36.6 Å². The van der Waals surface area contributed by atoms with E-state index < -0.39 is 0 Å². The largest absolute Gasteiger partial charge is 0.382 e. The Hall–Kier alpha value is -1.62. The van der Waals surface area contributed by atoms with Crippen LogP contribution in [0.4, 0.5) is 5.69 Å². The first-order valence-corrected chi connectivity index (χ1v) is 6.38. The number of pyridine rings is 1. The van der Waals surface area contributed by atoms with Crippen LogP contribution in [0.15, 0.2) is 18.3 Å². The molecule has 1 saturated heterocycles. The Kier molecular flexibility index (Phi) is 4.15. The van der Waals surface area contributed by atoms with Gasteiger partial charge in [0.25, 0.3) is 0 Å². The minimum absolute atomic E-state index is 0.0177. The van der Waals surface area contributed by atoms with Gasteiger partial charge in [0.2, 0.25) is 0 Å². The van der Waals surface area contributed by atoms with Gasteiger partial charge in [0, 0.05) is 25.9 Å². The number of amidine groups is 1. The van der Waals surface area contributed by atoms with Gasteiger partial charge in [-0.2, -0.15) is 0 Å². The molecular formula is C13H20N4O. The molecule has 1 aliphatic rings. The average Bonchev–Trinajstić information content (AvgIpc) is 2.39. The molecule has 0 spiro atoms. The predicted molar refractivity (Wildman–Crippen MR) is 72.1 cm³/mol. The van der Waals surface area contributed by atoms with Crippen LogP contribution >= 0.6 is 0 Å². The first-order chi connectivity index (χ1) is 8.72. The summed E-state index contributed by atoms with van der Waals surface area (Å²) >= 11 is 0. The van der Waals surface area contributed by atoms with Gasteiger partial charge in [-0.15, -0.1) is 0 Å². The maximum absolute atomic E-state index is 7.58. The topological polar surface area (TPSA) is 75.2 Å². The summed E-state index contributed by atoms with van der Waals surface area (Å²) in [6.07, 6.45) is 4.13. The second-order valence-corrected chi connectivity index (χ2v) is 4.45. The number of nitrogens with zero attached hydrogens (tertiary/aromatic N) is 2. The van der Waals surface area contributed by atoms with Crippen LogP contribution in [0.1, 0.15) is 25.5 Å². The van der Waals surface area contributed by atoms with Gasteiger partial charge in [0.05, 0.1) is 11.8 Å². The van der Waals surface area contributed by atoms with E-state index in [0.717, 1.165) is 38.2 Å². The van der Waals surface area contributed by atoms with E-state index in [0.29, 0.717) is 5.69 Å². The van der Waals surface area contributed by atoms with Gasteiger partial charge in [-0.05, 0) is 31.9 Å². The molecule has 1 unspecified atom stereocenters.